The van der Waals surface area contributed by atoms with Crippen molar-refractivity contribution >= 4 is 23.3 Å². The number of anilines is 1. The summed E-state index contributed by atoms with van der Waals surface area (Å²) in [6, 6.07) is 7.58. The Kier molecular flexibility index (Phi) is 5.21. The molecule has 0 fully saturated rings. The third kappa shape index (κ3) is 3.54. The summed E-state index contributed by atoms with van der Waals surface area (Å²) in [6.45, 7) is 3.66. The molecule has 0 radical (unpaired) electrons. The minimum Gasteiger partial charge on any atom is -0.354 e. The summed E-state index contributed by atoms with van der Waals surface area (Å²) in [5, 5.41) is 5.45. The predicted molar refractivity (Wildman–Crippen MR) is 99.6 cm³/mol. The van der Waals surface area contributed by atoms with Crippen LogP contribution in [0.4, 0.5) is 5.69 Å². The van der Waals surface area contributed by atoms with Gasteiger partial charge in [-0.3, -0.25) is 14.4 Å². The first-order valence-electron chi connectivity index (χ1n) is 8.91. The number of H-pyrrole nitrogens is 1. The van der Waals surface area contributed by atoms with E-state index in [1.54, 1.807) is 6.92 Å². The van der Waals surface area contributed by atoms with Crippen LogP contribution in [0.1, 0.15) is 57.4 Å². The zero-order valence-corrected chi connectivity index (χ0v) is 15.1. The molecule has 0 bridgehead atoms. The van der Waals surface area contributed by atoms with E-state index < -0.39 is 0 Å². The highest BCUT2D eigenvalue weighted by Crippen LogP contribution is 2.26. The first-order valence-corrected chi connectivity index (χ1v) is 8.91. The maximum absolute atomic E-state index is 12.4. The van der Waals surface area contributed by atoms with Gasteiger partial charge in [-0.05, 0) is 43.4 Å². The normalized spacial score (nSPS) is 13.2. The third-order valence-corrected chi connectivity index (χ3v) is 4.75. The molecule has 3 rings (SSSR count). The summed E-state index contributed by atoms with van der Waals surface area (Å²) in [4.78, 5) is 39.7. The summed E-state index contributed by atoms with van der Waals surface area (Å²) < 4.78 is 0. The van der Waals surface area contributed by atoms with Gasteiger partial charge in [-0.1, -0.05) is 25.1 Å². The second kappa shape index (κ2) is 7.56. The molecule has 0 spiro atoms. The van der Waals surface area contributed by atoms with Gasteiger partial charge in [0.2, 0.25) is 5.91 Å². The van der Waals surface area contributed by atoms with Gasteiger partial charge in [0.1, 0.15) is 5.69 Å². The number of carbonyl (C=O) groups is 3. The quantitative estimate of drug-likeness (QED) is 0.772. The lowest BCUT2D eigenvalue weighted by atomic mass is 9.94. The van der Waals surface area contributed by atoms with Crippen LogP contribution in [-0.2, 0) is 17.6 Å². The molecular weight excluding hydrogens is 330 g/mol. The second-order valence-corrected chi connectivity index (χ2v) is 6.50. The van der Waals surface area contributed by atoms with Crippen LogP contribution in [-0.4, -0.2) is 29.1 Å². The average molecular weight is 353 g/mol. The van der Waals surface area contributed by atoms with E-state index in [1.807, 2.05) is 31.2 Å². The Balaban J connectivity index is 1.64. The maximum Gasteiger partial charge on any atom is 0.268 e. The van der Waals surface area contributed by atoms with E-state index in [-0.39, 0.29) is 24.1 Å². The number of aryl methyl sites for hydroxylation is 2. The Morgan fingerprint density at radius 1 is 1.19 bits per heavy atom. The van der Waals surface area contributed by atoms with Gasteiger partial charge in [0.15, 0.2) is 5.78 Å². The van der Waals surface area contributed by atoms with Crippen molar-refractivity contribution in [2.45, 2.75) is 39.5 Å². The fraction of sp³-hybridized carbons (Fsp3) is 0.350. The number of carbonyl (C=O) groups excluding carboxylic acids is 3. The van der Waals surface area contributed by atoms with Crippen LogP contribution >= 0.6 is 0 Å². The molecule has 0 unspecified atom stereocenters. The topological polar surface area (TPSA) is 91.1 Å². The molecule has 1 aliphatic carbocycles. The number of hydrogen-bond donors (Lipinski definition) is 3. The Morgan fingerprint density at radius 2 is 1.96 bits per heavy atom. The number of nitrogens with one attached hydrogen (secondary N) is 3. The lowest BCUT2D eigenvalue weighted by molar-refractivity contribution is -0.115. The molecule has 136 valence electrons. The minimum atomic E-state index is -0.372. The van der Waals surface area contributed by atoms with Crippen LogP contribution in [0, 0.1) is 6.92 Å². The van der Waals surface area contributed by atoms with E-state index in [9.17, 15) is 14.4 Å². The molecular formula is C20H23N3O3. The molecule has 6 nitrogen and oxygen atoms in total. The monoisotopic (exact) mass is 353 g/mol. The summed E-state index contributed by atoms with van der Waals surface area (Å²) in [7, 11) is 0. The van der Waals surface area contributed by atoms with Gasteiger partial charge in [-0.25, -0.2) is 0 Å². The summed E-state index contributed by atoms with van der Waals surface area (Å²) in [5.74, 6) is -0.583. The van der Waals surface area contributed by atoms with Crippen molar-refractivity contribution in [2.75, 3.05) is 11.9 Å². The van der Waals surface area contributed by atoms with Crippen molar-refractivity contribution < 1.29 is 14.4 Å². The molecule has 26 heavy (non-hydrogen) atoms. The zero-order valence-electron chi connectivity index (χ0n) is 15.1. The van der Waals surface area contributed by atoms with Gasteiger partial charge in [-0.15, -0.1) is 0 Å². The van der Waals surface area contributed by atoms with Gasteiger partial charge >= 0.3 is 0 Å². The number of ketones is 1. The summed E-state index contributed by atoms with van der Waals surface area (Å²) >= 11 is 0. The van der Waals surface area contributed by atoms with Crippen molar-refractivity contribution in [3.8, 4) is 0 Å². The van der Waals surface area contributed by atoms with E-state index in [2.05, 4.69) is 15.6 Å². The van der Waals surface area contributed by atoms with E-state index >= 15 is 0 Å². The lowest BCUT2D eigenvalue weighted by Gasteiger charge is -2.10. The Bertz CT molecular complexity index is 867. The number of aromatic nitrogens is 1. The average Bonchev–Trinajstić information content (AvgIpc) is 2.98. The number of rotatable bonds is 5. The molecule has 2 amide bonds. The molecule has 3 N–H and O–H groups in total. The van der Waals surface area contributed by atoms with Crippen LogP contribution < -0.4 is 10.6 Å². The van der Waals surface area contributed by atoms with Crippen molar-refractivity contribution in [3.05, 3.63) is 52.3 Å². The van der Waals surface area contributed by atoms with Crippen LogP contribution in [0.3, 0.4) is 0 Å². The summed E-state index contributed by atoms with van der Waals surface area (Å²) in [5.41, 5.74) is 4.30. The number of amides is 2. The highest BCUT2D eigenvalue weighted by atomic mass is 16.2. The number of para-hydroxylation sites is 1. The van der Waals surface area contributed by atoms with Crippen LogP contribution in [0.5, 0.6) is 0 Å². The first kappa shape index (κ1) is 17.9. The van der Waals surface area contributed by atoms with Crippen molar-refractivity contribution in [1.29, 1.82) is 0 Å². The molecule has 2 aromatic rings. The molecule has 6 heteroatoms. The van der Waals surface area contributed by atoms with Gasteiger partial charge in [-0.2, -0.15) is 0 Å². The van der Waals surface area contributed by atoms with Gasteiger partial charge < -0.3 is 15.6 Å². The minimum absolute atomic E-state index is 0.0768. The van der Waals surface area contributed by atoms with E-state index in [0.29, 0.717) is 23.2 Å². The molecule has 0 aliphatic heterocycles. The number of Topliss-reactive ketones (excluding diaryl/α,β-unsaturated/α-hetero) is 1. The maximum atomic E-state index is 12.4. The molecule has 0 saturated heterocycles. The largest absolute Gasteiger partial charge is 0.354 e. The number of benzene rings is 1. The lowest BCUT2D eigenvalue weighted by Crippen LogP contribution is -2.33. The van der Waals surface area contributed by atoms with Crippen LogP contribution in [0.25, 0.3) is 0 Å². The van der Waals surface area contributed by atoms with E-state index in [1.165, 1.54) is 0 Å². The van der Waals surface area contributed by atoms with E-state index in [0.717, 1.165) is 36.2 Å². The van der Waals surface area contributed by atoms with Gasteiger partial charge in [0.25, 0.3) is 5.91 Å². The molecule has 0 saturated carbocycles. The van der Waals surface area contributed by atoms with Gasteiger partial charge in [0.05, 0.1) is 6.54 Å². The Hall–Kier alpha value is -2.89. The molecule has 0 atom stereocenters. The zero-order chi connectivity index (χ0) is 18.7. The summed E-state index contributed by atoms with van der Waals surface area (Å²) in [6.07, 6.45) is 2.89. The molecule has 1 aromatic heterocycles. The number of hydrogen-bond acceptors (Lipinski definition) is 3. The number of aromatic amines is 1. The predicted octanol–water partition coefficient (Wildman–Crippen LogP) is 2.77. The van der Waals surface area contributed by atoms with Crippen molar-refractivity contribution in [3.63, 3.8) is 0 Å². The smallest absolute Gasteiger partial charge is 0.268 e. The van der Waals surface area contributed by atoms with Gasteiger partial charge in [0, 0.05) is 23.4 Å². The highest BCUT2D eigenvalue weighted by molar-refractivity contribution is 6.05. The first-order chi connectivity index (χ1) is 12.5. The van der Waals surface area contributed by atoms with E-state index in [4.69, 9.17) is 0 Å². The van der Waals surface area contributed by atoms with Crippen LogP contribution in [0.15, 0.2) is 24.3 Å². The SMILES string of the molecule is CCc1ccccc1NC(=O)CNC(=O)c1[nH]c2c(c1C)C(=O)CCC2. The van der Waals surface area contributed by atoms with Crippen LogP contribution in [0.2, 0.25) is 0 Å². The third-order valence-electron chi connectivity index (χ3n) is 4.75. The fourth-order valence-corrected chi connectivity index (χ4v) is 3.40. The second-order valence-electron chi connectivity index (χ2n) is 6.50. The Morgan fingerprint density at radius 3 is 2.69 bits per heavy atom. The standard InChI is InChI=1S/C20H23N3O3/c1-3-13-7-4-5-8-14(13)22-17(25)11-21-20(26)19-12(2)18-15(23-19)9-6-10-16(18)24/h4-5,7-8,23H,3,6,9-11H2,1-2H3,(H,21,26)(H,22,25). The molecule has 1 heterocycles. The number of fused-ring (bicyclic) bond motifs is 1. The highest BCUT2D eigenvalue weighted by Gasteiger charge is 2.26. The van der Waals surface area contributed by atoms with Crippen molar-refractivity contribution in [2.24, 2.45) is 0 Å². The fourth-order valence-electron chi connectivity index (χ4n) is 3.40. The molecule has 1 aliphatic rings. The molecule has 1 aromatic carbocycles. The van der Waals surface area contributed by atoms with Crippen molar-refractivity contribution in [1.82, 2.24) is 10.3 Å². The Labute approximate surface area is 152 Å².